The summed E-state index contributed by atoms with van der Waals surface area (Å²) < 4.78 is 20.1. The van der Waals surface area contributed by atoms with E-state index in [-0.39, 0.29) is 76.2 Å². The number of likely N-dealkylation sites (tertiary alicyclic amines) is 1. The molecule has 14 nitrogen and oxygen atoms in total. The van der Waals surface area contributed by atoms with E-state index in [4.69, 9.17) is 30.4 Å². The lowest BCUT2D eigenvalue weighted by Crippen LogP contribution is -2.42. The number of anilines is 2. The van der Waals surface area contributed by atoms with Crippen molar-refractivity contribution >= 4 is 66.2 Å². The Morgan fingerprint density at radius 3 is 2.15 bits per heavy atom. The fraction of sp³-hybridized carbons (Fsp3) is 0.333. The van der Waals surface area contributed by atoms with Crippen LogP contribution in [0.25, 0.3) is 0 Å². The Bertz CT molecular complexity index is 1970. The summed E-state index contributed by atoms with van der Waals surface area (Å²) in [6, 6.07) is 12.4. The van der Waals surface area contributed by atoms with Crippen LogP contribution in [0.1, 0.15) is 46.2 Å². The fourth-order valence-electron chi connectivity index (χ4n) is 5.60. The molecule has 1 aliphatic heterocycles. The number of halogens is 2. The first-order valence-electron chi connectivity index (χ1n) is 16.6. The highest BCUT2D eigenvalue weighted by Crippen LogP contribution is 2.22. The molecule has 0 radical (unpaired) electrons. The number of hydrogen-bond acceptors (Lipinski definition) is 12. The van der Waals surface area contributed by atoms with Crippen molar-refractivity contribution in [3.63, 3.8) is 0 Å². The van der Waals surface area contributed by atoms with Crippen LogP contribution in [0, 0.1) is 30.6 Å². The molecule has 16 heteroatoms. The Morgan fingerprint density at radius 1 is 0.855 bits per heavy atom. The van der Waals surface area contributed by atoms with Crippen LogP contribution in [0.4, 0.5) is 16.3 Å². The number of nitrogens with one attached hydrogen (secondary N) is 1. The molecule has 2 atom stereocenters. The van der Waals surface area contributed by atoms with Gasteiger partial charge in [0.05, 0.1) is 33.1 Å². The minimum Gasteiger partial charge on any atom is -0.469 e. The average Bonchev–Trinajstić information content (AvgIpc) is 3.55. The minimum absolute atomic E-state index is 0. The van der Waals surface area contributed by atoms with Crippen LogP contribution in [-0.2, 0) is 57.4 Å². The van der Waals surface area contributed by atoms with Crippen molar-refractivity contribution in [2.24, 2.45) is 0 Å². The standard InChI is InChI=1S/C39H41N5O9.2ClH/c1-25-16-31(40)11-9-30(25)10-13-35(45)44-24-32(22-33(44)38(48)51-3)43-39(49)53-15-5-7-27-17-26(18-29(19-27)21-36(46)50-2)6-4-14-52-37(47)20-28-8-12-34(41)42-23-28;;/h8-9,11-12,16-19,23,32-33H,10,13-15,20-22,24,40H2,1-3H3,(H2,41,42)(H,43,49);2*1H. The number of carbonyl (C=O) groups is 5. The maximum absolute atomic E-state index is 13.2. The number of nitrogens with zero attached hydrogens (tertiary/aromatic N) is 2. The van der Waals surface area contributed by atoms with Crippen LogP contribution < -0.4 is 16.8 Å². The summed E-state index contributed by atoms with van der Waals surface area (Å²) in [4.78, 5) is 67.8. The van der Waals surface area contributed by atoms with Crippen molar-refractivity contribution in [1.82, 2.24) is 15.2 Å². The summed E-state index contributed by atoms with van der Waals surface area (Å²) in [6.45, 7) is 1.59. The van der Waals surface area contributed by atoms with Gasteiger partial charge in [-0.3, -0.25) is 14.4 Å². The van der Waals surface area contributed by atoms with Gasteiger partial charge in [0.1, 0.15) is 11.9 Å². The predicted molar refractivity (Wildman–Crippen MR) is 208 cm³/mol. The van der Waals surface area contributed by atoms with E-state index < -0.39 is 36.1 Å². The molecule has 2 unspecified atom stereocenters. The van der Waals surface area contributed by atoms with E-state index in [1.165, 1.54) is 25.3 Å². The number of amides is 2. The Morgan fingerprint density at radius 2 is 1.53 bits per heavy atom. The van der Waals surface area contributed by atoms with Crippen molar-refractivity contribution in [2.45, 2.75) is 51.1 Å². The number of aryl methyl sites for hydroxylation is 2. The van der Waals surface area contributed by atoms with Gasteiger partial charge in [-0.1, -0.05) is 35.8 Å². The van der Waals surface area contributed by atoms with Crippen LogP contribution >= 0.6 is 24.8 Å². The summed E-state index contributed by atoms with van der Waals surface area (Å²) in [6.07, 6.45) is 1.50. The van der Waals surface area contributed by atoms with Gasteiger partial charge in [-0.2, -0.15) is 0 Å². The Labute approximate surface area is 331 Å². The first-order valence-corrected chi connectivity index (χ1v) is 16.6. The number of rotatable bonds is 11. The molecule has 2 amide bonds. The highest BCUT2D eigenvalue weighted by Gasteiger charge is 2.40. The number of nitrogen functional groups attached to an aromatic ring is 2. The second-order valence-electron chi connectivity index (χ2n) is 12.1. The zero-order valence-electron chi connectivity index (χ0n) is 30.5. The SMILES string of the molecule is COC(=O)Cc1cc(C#CCOC(=O)Cc2ccc(N)nc2)cc(C#CCOC(=O)NC2CC(C(=O)OC)N(C(=O)CCc3ccc(N)cc3C)C2)c1.Cl.Cl. The monoisotopic (exact) mass is 795 g/mol. The Hall–Kier alpha value is -5.96. The normalized spacial score (nSPS) is 13.9. The third-order valence-corrected chi connectivity index (χ3v) is 8.20. The van der Waals surface area contributed by atoms with Crippen LogP contribution in [-0.4, -0.2) is 85.9 Å². The van der Waals surface area contributed by atoms with E-state index in [2.05, 4.69) is 34.0 Å². The smallest absolute Gasteiger partial charge is 0.408 e. The number of benzene rings is 2. The number of aromatic nitrogens is 1. The molecule has 0 spiro atoms. The average molecular weight is 797 g/mol. The quantitative estimate of drug-likeness (QED) is 0.111. The molecule has 1 fully saturated rings. The molecule has 0 aliphatic carbocycles. The zero-order chi connectivity index (χ0) is 38.3. The predicted octanol–water partition coefficient (Wildman–Crippen LogP) is 3.10. The molecule has 2 aromatic carbocycles. The van der Waals surface area contributed by atoms with Gasteiger partial charge in [-0.15, -0.1) is 24.8 Å². The molecule has 1 aliphatic rings. The molecule has 55 heavy (non-hydrogen) atoms. The third-order valence-electron chi connectivity index (χ3n) is 8.20. The number of methoxy groups -OCH3 is 2. The summed E-state index contributed by atoms with van der Waals surface area (Å²) >= 11 is 0. The molecule has 1 aromatic heterocycles. The summed E-state index contributed by atoms with van der Waals surface area (Å²) in [5.74, 6) is 9.93. The van der Waals surface area contributed by atoms with Gasteiger partial charge in [-0.25, -0.2) is 14.6 Å². The molecular formula is C39H43Cl2N5O9. The van der Waals surface area contributed by atoms with E-state index >= 15 is 0 Å². The second kappa shape index (κ2) is 22.3. The number of ether oxygens (including phenoxy) is 4. The van der Waals surface area contributed by atoms with E-state index in [1.54, 1.807) is 36.4 Å². The lowest BCUT2D eigenvalue weighted by atomic mass is 10.0. The van der Waals surface area contributed by atoms with E-state index in [0.29, 0.717) is 40.2 Å². The number of alkyl carbamates (subject to hydrolysis) is 1. The number of esters is 3. The summed E-state index contributed by atoms with van der Waals surface area (Å²) in [7, 11) is 2.53. The van der Waals surface area contributed by atoms with Gasteiger partial charge in [0.2, 0.25) is 5.91 Å². The molecule has 2 heterocycles. The lowest BCUT2D eigenvalue weighted by molar-refractivity contribution is -0.150. The van der Waals surface area contributed by atoms with E-state index in [1.807, 2.05) is 19.1 Å². The Kier molecular flexibility index (Phi) is 18.3. The van der Waals surface area contributed by atoms with Crippen molar-refractivity contribution < 1.29 is 42.9 Å². The molecule has 1 saturated heterocycles. The molecule has 0 bridgehead atoms. The van der Waals surface area contributed by atoms with E-state index in [0.717, 1.165) is 11.1 Å². The molecule has 0 saturated carbocycles. The van der Waals surface area contributed by atoms with Crippen molar-refractivity contribution in [1.29, 1.82) is 0 Å². The maximum Gasteiger partial charge on any atom is 0.408 e. The van der Waals surface area contributed by atoms with Crippen molar-refractivity contribution in [3.8, 4) is 23.7 Å². The second-order valence-corrected chi connectivity index (χ2v) is 12.1. The minimum atomic E-state index is -0.848. The first-order chi connectivity index (χ1) is 25.4. The number of pyridine rings is 1. The van der Waals surface area contributed by atoms with Crippen LogP contribution in [0.15, 0.2) is 54.7 Å². The van der Waals surface area contributed by atoms with Gasteiger partial charge in [0.25, 0.3) is 0 Å². The number of carbonyl (C=O) groups excluding carboxylic acids is 5. The molecule has 4 rings (SSSR count). The third kappa shape index (κ3) is 14.4. The van der Waals surface area contributed by atoms with Crippen LogP contribution in [0.2, 0.25) is 0 Å². The summed E-state index contributed by atoms with van der Waals surface area (Å²) in [5, 5.41) is 2.70. The topological polar surface area (TPSA) is 202 Å². The summed E-state index contributed by atoms with van der Waals surface area (Å²) in [5.41, 5.74) is 16.2. The van der Waals surface area contributed by atoms with Crippen molar-refractivity contribution in [3.05, 3.63) is 88.1 Å². The van der Waals surface area contributed by atoms with Crippen molar-refractivity contribution in [2.75, 3.05) is 45.4 Å². The molecular weight excluding hydrogens is 753 g/mol. The highest BCUT2D eigenvalue weighted by molar-refractivity contribution is 5.86. The zero-order valence-corrected chi connectivity index (χ0v) is 32.2. The van der Waals surface area contributed by atoms with Gasteiger partial charge in [0.15, 0.2) is 13.2 Å². The highest BCUT2D eigenvalue weighted by atomic mass is 35.5. The van der Waals surface area contributed by atoms with Gasteiger partial charge < -0.3 is 40.6 Å². The van der Waals surface area contributed by atoms with E-state index in [9.17, 15) is 24.0 Å². The first kappa shape index (κ1) is 45.2. The largest absolute Gasteiger partial charge is 0.469 e. The van der Waals surface area contributed by atoms with Crippen LogP contribution in [0.5, 0.6) is 0 Å². The van der Waals surface area contributed by atoms with Gasteiger partial charge >= 0.3 is 24.0 Å². The molecule has 5 N–H and O–H groups in total. The lowest BCUT2D eigenvalue weighted by Gasteiger charge is -2.22. The van der Waals surface area contributed by atoms with Crippen LogP contribution in [0.3, 0.4) is 0 Å². The van der Waals surface area contributed by atoms with Gasteiger partial charge in [-0.05, 0) is 72.0 Å². The molecule has 3 aromatic rings. The van der Waals surface area contributed by atoms with Gasteiger partial charge in [0, 0.05) is 42.4 Å². The number of nitrogens with two attached hydrogens (primary N) is 2. The Balaban J connectivity index is 0.00000523. The maximum atomic E-state index is 13.2. The number of hydrogen-bond donors (Lipinski definition) is 3. The molecule has 292 valence electrons. The fourth-order valence-corrected chi connectivity index (χ4v) is 5.60.